The molecule has 0 bridgehead atoms. The Bertz CT molecular complexity index is 930. The number of nitrogens with zero attached hydrogens (tertiary/aromatic N) is 1. The minimum absolute atomic E-state index is 0.139. The second-order valence-electron chi connectivity index (χ2n) is 6.47. The quantitative estimate of drug-likeness (QED) is 0.818. The van der Waals surface area contributed by atoms with Gasteiger partial charge in [-0.15, -0.1) is 0 Å². The van der Waals surface area contributed by atoms with E-state index in [2.05, 4.69) is 10.6 Å². The number of nitrogens with one attached hydrogen (secondary N) is 2. The predicted molar refractivity (Wildman–Crippen MR) is 104 cm³/mol. The SMILES string of the molecule is CCCS(=O)(=O)N1CCc2ccc(NC(=O)Nc3ccc(F)cc3)cc2C1. The number of benzene rings is 2. The third-order valence-electron chi connectivity index (χ3n) is 4.40. The molecule has 8 heteroatoms. The number of carbonyl (C=O) groups excluding carboxylic acids is 1. The van der Waals surface area contributed by atoms with Crippen molar-refractivity contribution < 1.29 is 17.6 Å². The van der Waals surface area contributed by atoms with Gasteiger partial charge in [0.15, 0.2) is 0 Å². The molecule has 1 aliphatic rings. The van der Waals surface area contributed by atoms with Crippen molar-refractivity contribution >= 4 is 27.4 Å². The van der Waals surface area contributed by atoms with E-state index in [1.807, 2.05) is 13.0 Å². The van der Waals surface area contributed by atoms with E-state index in [0.29, 0.717) is 37.3 Å². The summed E-state index contributed by atoms with van der Waals surface area (Å²) in [5, 5.41) is 5.35. The summed E-state index contributed by atoms with van der Waals surface area (Å²) in [5.41, 5.74) is 3.02. The van der Waals surface area contributed by atoms with Gasteiger partial charge in [0, 0.05) is 24.5 Å². The number of fused-ring (bicyclic) bond motifs is 1. The molecule has 2 N–H and O–H groups in total. The highest BCUT2D eigenvalue weighted by atomic mass is 32.2. The summed E-state index contributed by atoms with van der Waals surface area (Å²) in [5.74, 6) is -0.237. The van der Waals surface area contributed by atoms with Crippen molar-refractivity contribution in [2.24, 2.45) is 0 Å². The second-order valence-corrected chi connectivity index (χ2v) is 8.56. The summed E-state index contributed by atoms with van der Waals surface area (Å²) < 4.78 is 39.0. The lowest BCUT2D eigenvalue weighted by atomic mass is 10.0. The first-order valence-electron chi connectivity index (χ1n) is 8.80. The lowest BCUT2D eigenvalue weighted by molar-refractivity contribution is 0.262. The van der Waals surface area contributed by atoms with Crippen LogP contribution in [0.15, 0.2) is 42.5 Å². The molecule has 6 nitrogen and oxygen atoms in total. The Balaban J connectivity index is 1.68. The van der Waals surface area contributed by atoms with Crippen LogP contribution in [-0.4, -0.2) is 31.1 Å². The molecule has 0 aliphatic carbocycles. The van der Waals surface area contributed by atoms with E-state index in [1.165, 1.54) is 28.6 Å². The average Bonchev–Trinajstić information content (AvgIpc) is 2.63. The fraction of sp³-hybridized carbons (Fsp3) is 0.316. The van der Waals surface area contributed by atoms with Crippen LogP contribution in [0.3, 0.4) is 0 Å². The number of hydrogen-bond acceptors (Lipinski definition) is 3. The van der Waals surface area contributed by atoms with Crippen LogP contribution in [0.1, 0.15) is 24.5 Å². The zero-order valence-electron chi connectivity index (χ0n) is 15.0. The van der Waals surface area contributed by atoms with Gasteiger partial charge in [0.25, 0.3) is 0 Å². The van der Waals surface area contributed by atoms with E-state index >= 15 is 0 Å². The van der Waals surface area contributed by atoms with Crippen molar-refractivity contribution in [1.29, 1.82) is 0 Å². The maximum absolute atomic E-state index is 12.9. The van der Waals surface area contributed by atoms with Gasteiger partial charge in [-0.1, -0.05) is 13.0 Å². The van der Waals surface area contributed by atoms with Gasteiger partial charge in [0.1, 0.15) is 5.82 Å². The van der Waals surface area contributed by atoms with Gasteiger partial charge in [0.05, 0.1) is 5.75 Å². The molecule has 0 atom stereocenters. The molecule has 1 aliphatic heterocycles. The summed E-state index contributed by atoms with van der Waals surface area (Å²) in [6.07, 6.45) is 1.23. The molecule has 2 aromatic carbocycles. The van der Waals surface area contributed by atoms with E-state index in [1.54, 1.807) is 12.1 Å². The van der Waals surface area contributed by atoms with Crippen molar-refractivity contribution in [1.82, 2.24) is 4.31 Å². The number of amides is 2. The molecule has 0 spiro atoms. The number of anilines is 2. The van der Waals surface area contributed by atoms with E-state index in [4.69, 9.17) is 0 Å². The van der Waals surface area contributed by atoms with E-state index in [0.717, 1.165) is 11.1 Å². The Labute approximate surface area is 158 Å². The zero-order valence-corrected chi connectivity index (χ0v) is 15.9. The maximum Gasteiger partial charge on any atom is 0.323 e. The predicted octanol–water partition coefficient (Wildman–Crippen LogP) is 3.57. The summed E-state index contributed by atoms with van der Waals surface area (Å²) in [6, 6.07) is 10.5. The summed E-state index contributed by atoms with van der Waals surface area (Å²) in [7, 11) is -3.25. The Kier molecular flexibility index (Phi) is 5.76. The highest BCUT2D eigenvalue weighted by Crippen LogP contribution is 2.25. The summed E-state index contributed by atoms with van der Waals surface area (Å²) >= 11 is 0. The third kappa shape index (κ3) is 4.84. The molecular weight excluding hydrogens is 369 g/mol. The Morgan fingerprint density at radius 3 is 2.44 bits per heavy atom. The molecule has 144 valence electrons. The van der Waals surface area contributed by atoms with Gasteiger partial charge in [-0.2, -0.15) is 4.31 Å². The maximum atomic E-state index is 12.9. The molecule has 27 heavy (non-hydrogen) atoms. The lowest BCUT2D eigenvalue weighted by Crippen LogP contribution is -2.37. The normalized spacial score (nSPS) is 14.4. The van der Waals surface area contributed by atoms with Crippen LogP contribution in [0.4, 0.5) is 20.6 Å². The molecule has 2 amide bonds. The molecule has 0 unspecified atom stereocenters. The van der Waals surface area contributed by atoms with Crippen LogP contribution in [0.25, 0.3) is 0 Å². The van der Waals surface area contributed by atoms with Gasteiger partial charge < -0.3 is 10.6 Å². The highest BCUT2D eigenvalue weighted by molar-refractivity contribution is 7.89. The van der Waals surface area contributed by atoms with E-state index in [9.17, 15) is 17.6 Å². The van der Waals surface area contributed by atoms with Crippen LogP contribution in [0.2, 0.25) is 0 Å². The van der Waals surface area contributed by atoms with Gasteiger partial charge in [0.2, 0.25) is 10.0 Å². The van der Waals surface area contributed by atoms with Crippen LogP contribution < -0.4 is 10.6 Å². The number of carbonyl (C=O) groups is 1. The minimum atomic E-state index is -3.25. The Hall–Kier alpha value is -2.45. The number of sulfonamides is 1. The van der Waals surface area contributed by atoms with Gasteiger partial charge in [-0.3, -0.25) is 0 Å². The lowest BCUT2D eigenvalue weighted by Gasteiger charge is -2.28. The summed E-state index contributed by atoms with van der Waals surface area (Å²) in [6.45, 7) is 2.64. The molecule has 1 heterocycles. The van der Waals surface area contributed by atoms with Crippen LogP contribution in [-0.2, 0) is 23.0 Å². The molecule has 0 fully saturated rings. The van der Waals surface area contributed by atoms with Crippen molar-refractivity contribution in [3.63, 3.8) is 0 Å². The molecule has 0 saturated heterocycles. The molecule has 2 aromatic rings. The van der Waals surface area contributed by atoms with Crippen molar-refractivity contribution in [2.45, 2.75) is 26.3 Å². The largest absolute Gasteiger partial charge is 0.323 e. The average molecular weight is 391 g/mol. The molecule has 0 aromatic heterocycles. The van der Waals surface area contributed by atoms with Crippen LogP contribution >= 0.6 is 0 Å². The zero-order chi connectivity index (χ0) is 19.4. The van der Waals surface area contributed by atoms with Gasteiger partial charge in [-0.05, 0) is 60.4 Å². The highest BCUT2D eigenvalue weighted by Gasteiger charge is 2.26. The Morgan fingerprint density at radius 1 is 1.07 bits per heavy atom. The van der Waals surface area contributed by atoms with Crippen molar-refractivity contribution in [3.8, 4) is 0 Å². The van der Waals surface area contributed by atoms with Crippen LogP contribution in [0.5, 0.6) is 0 Å². The fourth-order valence-corrected chi connectivity index (χ4v) is 4.54. The van der Waals surface area contributed by atoms with Crippen LogP contribution in [0, 0.1) is 5.82 Å². The number of rotatable bonds is 5. The number of hydrogen-bond donors (Lipinski definition) is 2. The van der Waals surface area contributed by atoms with E-state index in [-0.39, 0.29) is 11.6 Å². The van der Waals surface area contributed by atoms with Gasteiger partial charge >= 0.3 is 6.03 Å². The van der Waals surface area contributed by atoms with E-state index < -0.39 is 16.1 Å². The first-order valence-corrected chi connectivity index (χ1v) is 10.4. The Morgan fingerprint density at radius 2 is 1.74 bits per heavy atom. The van der Waals surface area contributed by atoms with Crippen molar-refractivity contribution in [3.05, 3.63) is 59.4 Å². The molecule has 0 radical (unpaired) electrons. The molecular formula is C19H22FN3O3S. The van der Waals surface area contributed by atoms with Crippen molar-refractivity contribution in [2.75, 3.05) is 22.9 Å². The fourth-order valence-electron chi connectivity index (χ4n) is 3.06. The molecule has 0 saturated carbocycles. The second kappa shape index (κ2) is 8.06. The first-order chi connectivity index (χ1) is 12.9. The first kappa shape index (κ1) is 19.3. The number of halogens is 1. The summed E-state index contributed by atoms with van der Waals surface area (Å²) in [4.78, 5) is 12.1. The third-order valence-corrected chi connectivity index (χ3v) is 6.42. The number of urea groups is 1. The topological polar surface area (TPSA) is 78.5 Å². The monoisotopic (exact) mass is 391 g/mol. The smallest absolute Gasteiger partial charge is 0.308 e. The standard InChI is InChI=1S/C19H22FN3O3S/c1-2-11-27(25,26)23-10-9-14-3-6-18(12-15(14)13-23)22-19(24)21-17-7-4-16(20)5-8-17/h3-8,12H,2,9-11,13H2,1H3,(H2,21,22,24). The molecule has 3 rings (SSSR count). The van der Waals surface area contributed by atoms with Gasteiger partial charge in [-0.25, -0.2) is 17.6 Å². The minimum Gasteiger partial charge on any atom is -0.308 e.